The quantitative estimate of drug-likeness (QED) is 0.478. The average Bonchev–Trinajstić information content (AvgIpc) is 2.58. The summed E-state index contributed by atoms with van der Waals surface area (Å²) in [5.74, 6) is 0.871. The molecule has 0 aromatic heterocycles. The summed E-state index contributed by atoms with van der Waals surface area (Å²) in [5, 5.41) is 4.16. The Balaban J connectivity index is 0.00000312. The van der Waals surface area contributed by atoms with Gasteiger partial charge in [0.2, 0.25) is 0 Å². The molecule has 0 aliphatic carbocycles. The smallest absolute Gasteiger partial charge is 0.124 e. The zero-order valence-corrected chi connectivity index (χ0v) is 17.4. The molecule has 6 heteroatoms. The van der Waals surface area contributed by atoms with Gasteiger partial charge in [-0.25, -0.2) is 0 Å². The van der Waals surface area contributed by atoms with Crippen molar-refractivity contribution in [2.75, 3.05) is 19.8 Å². The van der Waals surface area contributed by atoms with Crippen molar-refractivity contribution < 1.29 is 9.47 Å². The van der Waals surface area contributed by atoms with Crippen molar-refractivity contribution in [1.82, 2.24) is 5.32 Å². The van der Waals surface area contributed by atoms with Crippen molar-refractivity contribution in [2.24, 2.45) is 0 Å². The van der Waals surface area contributed by atoms with Gasteiger partial charge in [-0.15, -0.1) is 12.4 Å². The Morgan fingerprint density at radius 3 is 2.68 bits per heavy atom. The normalized spacial score (nSPS) is 10.4. The summed E-state index contributed by atoms with van der Waals surface area (Å²) in [7, 11) is 0. The van der Waals surface area contributed by atoms with Crippen LogP contribution < -0.4 is 10.1 Å². The molecule has 138 valence electrons. The predicted molar refractivity (Wildman–Crippen MR) is 110 cm³/mol. The zero-order chi connectivity index (χ0) is 17.2. The van der Waals surface area contributed by atoms with Crippen LogP contribution in [0.2, 0.25) is 5.02 Å². The first-order valence-electron chi connectivity index (χ1n) is 8.13. The summed E-state index contributed by atoms with van der Waals surface area (Å²) >= 11 is 9.71. The number of hydrogen-bond acceptors (Lipinski definition) is 3. The maximum Gasteiger partial charge on any atom is 0.124 e. The highest BCUT2D eigenvalue weighted by atomic mass is 79.9. The van der Waals surface area contributed by atoms with E-state index in [9.17, 15) is 0 Å². The molecule has 0 spiro atoms. The maximum absolute atomic E-state index is 6.19. The summed E-state index contributed by atoms with van der Waals surface area (Å²) in [6, 6.07) is 13.8. The lowest BCUT2D eigenvalue weighted by molar-refractivity contribution is 0.144. The maximum atomic E-state index is 6.19. The predicted octanol–water partition coefficient (Wildman–Crippen LogP) is 5.62. The number of nitrogens with one attached hydrogen (secondary N) is 1. The summed E-state index contributed by atoms with van der Waals surface area (Å²) in [6.07, 6.45) is 0.998. The highest BCUT2D eigenvalue weighted by Crippen LogP contribution is 2.25. The third kappa shape index (κ3) is 7.97. The first-order chi connectivity index (χ1) is 11.7. The van der Waals surface area contributed by atoms with Crippen molar-refractivity contribution >= 4 is 39.9 Å². The topological polar surface area (TPSA) is 30.5 Å². The van der Waals surface area contributed by atoms with Crippen molar-refractivity contribution in [2.45, 2.75) is 26.5 Å². The van der Waals surface area contributed by atoms with Crippen LogP contribution in [-0.2, 0) is 17.9 Å². The van der Waals surface area contributed by atoms with Crippen molar-refractivity contribution in [3.8, 4) is 5.75 Å². The van der Waals surface area contributed by atoms with Crippen molar-refractivity contribution in [3.05, 3.63) is 63.1 Å². The van der Waals surface area contributed by atoms with Gasteiger partial charge in [0, 0.05) is 40.4 Å². The van der Waals surface area contributed by atoms with Crippen LogP contribution in [0, 0.1) is 0 Å². The van der Waals surface area contributed by atoms with Crippen molar-refractivity contribution in [3.63, 3.8) is 0 Å². The fourth-order valence-electron chi connectivity index (χ4n) is 2.26. The number of halogens is 3. The molecule has 2 rings (SSSR count). The van der Waals surface area contributed by atoms with Crippen LogP contribution in [0.1, 0.15) is 24.5 Å². The summed E-state index contributed by atoms with van der Waals surface area (Å²) < 4.78 is 12.4. The fourth-order valence-corrected chi connectivity index (χ4v) is 2.86. The highest BCUT2D eigenvalue weighted by molar-refractivity contribution is 9.10. The number of benzene rings is 2. The molecule has 2 aromatic carbocycles. The molecule has 1 N–H and O–H groups in total. The second-order valence-corrected chi connectivity index (χ2v) is 6.68. The Kier molecular flexibility index (Phi) is 11.2. The lowest BCUT2D eigenvalue weighted by Crippen LogP contribution is -2.17. The molecule has 0 atom stereocenters. The van der Waals surface area contributed by atoms with Gasteiger partial charge in [-0.2, -0.15) is 0 Å². The third-order valence-electron chi connectivity index (χ3n) is 3.53. The summed E-state index contributed by atoms with van der Waals surface area (Å²) in [4.78, 5) is 0. The fraction of sp³-hybridized carbons (Fsp3) is 0.368. The Bertz CT molecular complexity index is 641. The van der Waals surface area contributed by atoms with Gasteiger partial charge in [0.25, 0.3) is 0 Å². The minimum absolute atomic E-state index is 0. The number of hydrogen-bond donors (Lipinski definition) is 1. The van der Waals surface area contributed by atoms with E-state index in [1.165, 1.54) is 0 Å². The highest BCUT2D eigenvalue weighted by Gasteiger charge is 2.06. The molecular weight excluding hydrogens is 425 g/mol. The second kappa shape index (κ2) is 12.6. The van der Waals surface area contributed by atoms with E-state index in [2.05, 4.69) is 27.3 Å². The van der Waals surface area contributed by atoms with Gasteiger partial charge in [0.15, 0.2) is 0 Å². The Hall–Kier alpha value is -0.780. The molecule has 0 unspecified atom stereocenters. The van der Waals surface area contributed by atoms with Gasteiger partial charge in [0.1, 0.15) is 12.4 Å². The number of ether oxygens (including phenoxy) is 2. The van der Waals surface area contributed by atoms with E-state index >= 15 is 0 Å². The zero-order valence-electron chi connectivity index (χ0n) is 14.3. The minimum Gasteiger partial charge on any atom is -0.489 e. The Labute approximate surface area is 169 Å². The molecule has 2 aromatic rings. The SMILES string of the molecule is CCOCCCNCc1cc(Br)ccc1OCc1ccccc1Cl.Cl. The van der Waals surface area contributed by atoms with Gasteiger partial charge >= 0.3 is 0 Å². The van der Waals surface area contributed by atoms with Crippen LogP contribution in [0.3, 0.4) is 0 Å². The molecule has 3 nitrogen and oxygen atoms in total. The van der Waals surface area contributed by atoms with Crippen LogP contribution in [-0.4, -0.2) is 19.8 Å². The van der Waals surface area contributed by atoms with E-state index in [-0.39, 0.29) is 12.4 Å². The summed E-state index contributed by atoms with van der Waals surface area (Å²) in [5.41, 5.74) is 2.10. The first kappa shape index (κ1) is 22.3. The van der Waals surface area contributed by atoms with E-state index in [1.54, 1.807) is 0 Å². The molecule has 0 heterocycles. The van der Waals surface area contributed by atoms with E-state index in [1.807, 2.05) is 43.3 Å². The standard InChI is InChI=1S/C19H23BrClNO2.ClH/c1-2-23-11-5-10-22-13-16-12-17(20)8-9-19(16)24-14-15-6-3-4-7-18(15)21;/h3-4,6-9,12,22H,2,5,10-11,13-14H2,1H3;1H. The van der Waals surface area contributed by atoms with Crippen LogP contribution >= 0.6 is 39.9 Å². The number of rotatable bonds is 10. The lowest BCUT2D eigenvalue weighted by atomic mass is 10.2. The van der Waals surface area contributed by atoms with Crippen LogP contribution in [0.4, 0.5) is 0 Å². The average molecular weight is 449 g/mol. The molecule has 25 heavy (non-hydrogen) atoms. The van der Waals surface area contributed by atoms with Crippen LogP contribution in [0.5, 0.6) is 5.75 Å². The largest absolute Gasteiger partial charge is 0.489 e. The van der Waals surface area contributed by atoms with E-state index in [4.69, 9.17) is 21.1 Å². The molecule has 0 bridgehead atoms. The molecule has 0 aliphatic rings. The van der Waals surface area contributed by atoms with Crippen molar-refractivity contribution in [1.29, 1.82) is 0 Å². The van der Waals surface area contributed by atoms with Crippen LogP contribution in [0.25, 0.3) is 0 Å². The molecular formula is C19H24BrCl2NO2. The van der Waals surface area contributed by atoms with Gasteiger partial charge in [0.05, 0.1) is 0 Å². The third-order valence-corrected chi connectivity index (χ3v) is 4.39. The molecule has 0 saturated carbocycles. The molecule has 0 fully saturated rings. The van der Waals surface area contributed by atoms with E-state index in [0.29, 0.717) is 6.61 Å². The van der Waals surface area contributed by atoms with Gasteiger partial charge < -0.3 is 14.8 Å². The Morgan fingerprint density at radius 2 is 1.92 bits per heavy atom. The Morgan fingerprint density at radius 1 is 1.12 bits per heavy atom. The molecule has 0 saturated heterocycles. The van der Waals surface area contributed by atoms with Gasteiger partial charge in [-0.1, -0.05) is 45.7 Å². The van der Waals surface area contributed by atoms with Gasteiger partial charge in [-0.3, -0.25) is 0 Å². The first-order valence-corrected chi connectivity index (χ1v) is 9.31. The minimum atomic E-state index is 0. The van der Waals surface area contributed by atoms with Crippen LogP contribution in [0.15, 0.2) is 46.9 Å². The lowest BCUT2D eigenvalue weighted by Gasteiger charge is -2.13. The van der Waals surface area contributed by atoms with E-state index in [0.717, 1.165) is 59.1 Å². The monoisotopic (exact) mass is 447 g/mol. The second-order valence-electron chi connectivity index (χ2n) is 5.36. The van der Waals surface area contributed by atoms with Gasteiger partial charge in [-0.05, 0) is 44.2 Å². The molecule has 0 amide bonds. The molecule has 0 aliphatic heterocycles. The molecule has 0 radical (unpaired) electrons. The van der Waals surface area contributed by atoms with E-state index < -0.39 is 0 Å². The summed E-state index contributed by atoms with van der Waals surface area (Å²) in [6.45, 7) is 5.69.